The Hall–Kier alpha value is -2.37. The second kappa shape index (κ2) is 4.96. The number of hydrogen-bond acceptors (Lipinski definition) is 1. The van der Waals surface area contributed by atoms with E-state index in [4.69, 9.17) is 5.73 Å². The highest BCUT2D eigenvalue weighted by Gasteiger charge is 2.30. The van der Waals surface area contributed by atoms with Gasteiger partial charge in [0.05, 0.1) is 11.1 Å². The van der Waals surface area contributed by atoms with Crippen LogP contribution in [0, 0.1) is 5.82 Å². The molecule has 0 saturated carbocycles. The molecule has 20 heavy (non-hydrogen) atoms. The Morgan fingerprint density at radius 2 is 1.65 bits per heavy atom. The molecule has 2 aromatic rings. The van der Waals surface area contributed by atoms with Crippen molar-refractivity contribution in [2.75, 3.05) is 0 Å². The van der Waals surface area contributed by atoms with Gasteiger partial charge in [0.1, 0.15) is 5.82 Å². The number of alkyl halides is 3. The van der Waals surface area contributed by atoms with Crippen molar-refractivity contribution in [2.45, 2.75) is 6.18 Å². The number of rotatable bonds is 2. The molecule has 0 atom stereocenters. The maximum Gasteiger partial charge on any atom is 0.416 e. The average molecular weight is 283 g/mol. The zero-order valence-electron chi connectivity index (χ0n) is 10.0. The number of nitrogens with two attached hydrogens (primary N) is 1. The highest BCUT2D eigenvalue weighted by molar-refractivity contribution is 5.93. The number of primary amides is 1. The van der Waals surface area contributed by atoms with E-state index in [2.05, 4.69) is 0 Å². The first-order valence-electron chi connectivity index (χ1n) is 5.56. The molecule has 0 aliphatic carbocycles. The Labute approximate surface area is 111 Å². The third-order valence-electron chi connectivity index (χ3n) is 2.76. The maximum atomic E-state index is 13.6. The molecule has 0 aliphatic heterocycles. The Kier molecular flexibility index (Phi) is 3.48. The fourth-order valence-electron chi connectivity index (χ4n) is 1.77. The fourth-order valence-corrected chi connectivity index (χ4v) is 1.77. The Bertz CT molecular complexity index is 664. The van der Waals surface area contributed by atoms with Crippen LogP contribution in [0.15, 0.2) is 42.5 Å². The van der Waals surface area contributed by atoms with E-state index < -0.39 is 23.5 Å². The van der Waals surface area contributed by atoms with Crippen LogP contribution in [0.5, 0.6) is 0 Å². The van der Waals surface area contributed by atoms with Gasteiger partial charge in [-0.25, -0.2) is 4.39 Å². The first-order chi connectivity index (χ1) is 9.29. The summed E-state index contributed by atoms with van der Waals surface area (Å²) in [6.07, 6.45) is -4.47. The summed E-state index contributed by atoms with van der Waals surface area (Å²) in [7, 11) is 0. The average Bonchev–Trinajstić information content (AvgIpc) is 2.37. The number of carbonyl (C=O) groups is 1. The first-order valence-corrected chi connectivity index (χ1v) is 5.56. The van der Waals surface area contributed by atoms with Crippen molar-refractivity contribution >= 4 is 5.91 Å². The fraction of sp³-hybridized carbons (Fsp3) is 0.0714. The van der Waals surface area contributed by atoms with Crippen LogP contribution in [-0.4, -0.2) is 5.91 Å². The number of benzene rings is 2. The molecule has 0 spiro atoms. The van der Waals surface area contributed by atoms with Crippen LogP contribution < -0.4 is 5.73 Å². The van der Waals surface area contributed by atoms with Gasteiger partial charge >= 0.3 is 6.18 Å². The van der Waals surface area contributed by atoms with Crippen LogP contribution in [0.25, 0.3) is 11.1 Å². The summed E-state index contributed by atoms with van der Waals surface area (Å²) in [5.74, 6) is -1.80. The molecule has 104 valence electrons. The predicted octanol–water partition coefficient (Wildman–Crippen LogP) is 3.61. The van der Waals surface area contributed by atoms with Crippen molar-refractivity contribution in [2.24, 2.45) is 5.73 Å². The van der Waals surface area contributed by atoms with Gasteiger partial charge in [0.2, 0.25) is 0 Å². The molecule has 0 radical (unpaired) electrons. The summed E-state index contributed by atoms with van der Waals surface area (Å²) < 4.78 is 51.4. The molecule has 0 fully saturated rings. The number of hydrogen-bond donors (Lipinski definition) is 1. The summed E-state index contributed by atoms with van der Waals surface area (Å²) in [5, 5.41) is 0. The summed E-state index contributed by atoms with van der Waals surface area (Å²) in [4.78, 5) is 10.9. The minimum Gasteiger partial charge on any atom is -0.366 e. The van der Waals surface area contributed by atoms with Gasteiger partial charge in [-0.05, 0) is 35.4 Å². The lowest BCUT2D eigenvalue weighted by molar-refractivity contribution is -0.137. The van der Waals surface area contributed by atoms with Crippen LogP contribution in [0.3, 0.4) is 0 Å². The van der Waals surface area contributed by atoms with Gasteiger partial charge in [0, 0.05) is 0 Å². The lowest BCUT2D eigenvalue weighted by Crippen LogP contribution is -2.12. The van der Waals surface area contributed by atoms with Crippen molar-refractivity contribution in [3.05, 3.63) is 59.4 Å². The summed E-state index contributed by atoms with van der Waals surface area (Å²) in [6, 6.07) is 7.98. The minimum absolute atomic E-state index is 0.203. The standard InChI is InChI=1S/C14H9F4NO/c15-12-7-9(4-5-11(12)13(19)20)8-2-1-3-10(6-8)14(16,17)18/h1-7H,(H2,19,20). The number of amides is 1. The van der Waals surface area contributed by atoms with Crippen molar-refractivity contribution in [1.29, 1.82) is 0 Å². The number of carbonyl (C=O) groups excluding carboxylic acids is 1. The van der Waals surface area contributed by atoms with Crippen LogP contribution in [-0.2, 0) is 6.18 Å². The van der Waals surface area contributed by atoms with Gasteiger partial charge in [0.25, 0.3) is 5.91 Å². The topological polar surface area (TPSA) is 43.1 Å². The molecule has 0 saturated heterocycles. The van der Waals surface area contributed by atoms with Gasteiger partial charge in [-0.3, -0.25) is 4.79 Å². The normalized spacial score (nSPS) is 11.4. The first kappa shape index (κ1) is 14.0. The molecule has 0 aromatic heterocycles. The van der Waals surface area contributed by atoms with Gasteiger partial charge in [0.15, 0.2) is 0 Å². The lowest BCUT2D eigenvalue weighted by Gasteiger charge is -2.09. The van der Waals surface area contributed by atoms with E-state index in [0.29, 0.717) is 0 Å². The summed E-state index contributed by atoms with van der Waals surface area (Å²) >= 11 is 0. The molecule has 1 amide bonds. The SMILES string of the molecule is NC(=O)c1ccc(-c2cccc(C(F)(F)F)c2)cc1F. The summed E-state index contributed by atoms with van der Waals surface area (Å²) in [6.45, 7) is 0. The monoisotopic (exact) mass is 283 g/mol. The Morgan fingerprint density at radius 1 is 1.00 bits per heavy atom. The molecule has 2 N–H and O–H groups in total. The predicted molar refractivity (Wildman–Crippen MR) is 65.4 cm³/mol. The molecular weight excluding hydrogens is 274 g/mol. The van der Waals surface area contributed by atoms with Crippen LogP contribution in [0.4, 0.5) is 17.6 Å². The molecule has 0 heterocycles. The zero-order chi connectivity index (χ0) is 14.9. The third kappa shape index (κ3) is 2.79. The lowest BCUT2D eigenvalue weighted by atomic mass is 10.0. The molecule has 6 heteroatoms. The number of halogens is 4. The largest absolute Gasteiger partial charge is 0.416 e. The van der Waals surface area contributed by atoms with Crippen LogP contribution >= 0.6 is 0 Å². The Morgan fingerprint density at radius 3 is 2.20 bits per heavy atom. The third-order valence-corrected chi connectivity index (χ3v) is 2.76. The molecule has 2 nitrogen and oxygen atoms in total. The van der Waals surface area contributed by atoms with E-state index in [1.807, 2.05) is 0 Å². The van der Waals surface area contributed by atoms with Crippen LogP contribution in [0.1, 0.15) is 15.9 Å². The molecular formula is C14H9F4NO. The second-order valence-electron chi connectivity index (χ2n) is 4.14. The highest BCUT2D eigenvalue weighted by atomic mass is 19.4. The van der Waals surface area contributed by atoms with E-state index in [1.165, 1.54) is 18.2 Å². The molecule has 2 aromatic carbocycles. The smallest absolute Gasteiger partial charge is 0.366 e. The maximum absolute atomic E-state index is 13.6. The van der Waals surface area contributed by atoms with E-state index in [1.54, 1.807) is 0 Å². The van der Waals surface area contributed by atoms with E-state index in [9.17, 15) is 22.4 Å². The van der Waals surface area contributed by atoms with Gasteiger partial charge in [-0.1, -0.05) is 18.2 Å². The van der Waals surface area contributed by atoms with Crippen LogP contribution in [0.2, 0.25) is 0 Å². The van der Waals surface area contributed by atoms with Crippen molar-refractivity contribution < 1.29 is 22.4 Å². The molecule has 0 unspecified atom stereocenters. The van der Waals surface area contributed by atoms with Crippen molar-refractivity contribution in [3.8, 4) is 11.1 Å². The van der Waals surface area contributed by atoms with E-state index in [-0.39, 0.29) is 16.7 Å². The van der Waals surface area contributed by atoms with Gasteiger partial charge in [-0.15, -0.1) is 0 Å². The minimum atomic E-state index is -4.47. The van der Waals surface area contributed by atoms with Crippen molar-refractivity contribution in [1.82, 2.24) is 0 Å². The molecule has 2 rings (SSSR count). The highest BCUT2D eigenvalue weighted by Crippen LogP contribution is 2.32. The van der Waals surface area contributed by atoms with Gasteiger partial charge in [-0.2, -0.15) is 13.2 Å². The van der Waals surface area contributed by atoms with E-state index >= 15 is 0 Å². The molecule has 0 bridgehead atoms. The van der Waals surface area contributed by atoms with Gasteiger partial charge < -0.3 is 5.73 Å². The second-order valence-corrected chi connectivity index (χ2v) is 4.14. The molecule has 0 aliphatic rings. The quantitative estimate of drug-likeness (QED) is 0.841. The Balaban J connectivity index is 2.47. The zero-order valence-corrected chi connectivity index (χ0v) is 10.0. The van der Waals surface area contributed by atoms with E-state index in [0.717, 1.165) is 24.3 Å². The summed E-state index contributed by atoms with van der Waals surface area (Å²) in [5.41, 5.74) is 4.27. The van der Waals surface area contributed by atoms with Crippen molar-refractivity contribution in [3.63, 3.8) is 0 Å².